The predicted molar refractivity (Wildman–Crippen MR) is 192 cm³/mol. The van der Waals surface area contributed by atoms with Crippen molar-refractivity contribution in [3.63, 3.8) is 0 Å². The van der Waals surface area contributed by atoms with E-state index in [0.29, 0.717) is 61.1 Å². The molecule has 1 fully saturated rings. The third kappa shape index (κ3) is 7.82. The first-order valence-electron chi connectivity index (χ1n) is 17.0. The summed E-state index contributed by atoms with van der Waals surface area (Å²) in [6.07, 6.45) is 6.71. The Bertz CT molecular complexity index is 1870. The van der Waals surface area contributed by atoms with Crippen LogP contribution in [0.2, 0.25) is 0 Å². The molecule has 2 aromatic carbocycles. The van der Waals surface area contributed by atoms with Crippen molar-refractivity contribution in [3.8, 4) is 17.3 Å². The smallest absolute Gasteiger partial charge is 0.258 e. The molecule has 0 saturated carbocycles. The van der Waals surface area contributed by atoms with Crippen LogP contribution >= 0.6 is 0 Å². The molecule has 2 aromatic heterocycles. The second-order valence-electron chi connectivity index (χ2n) is 12.9. The zero-order chi connectivity index (χ0) is 35.3. The molecule has 0 radical (unpaired) electrons. The van der Waals surface area contributed by atoms with Gasteiger partial charge in [-0.3, -0.25) is 24.6 Å². The van der Waals surface area contributed by atoms with Gasteiger partial charge in [0, 0.05) is 74.5 Å². The number of carbonyl (C=O) groups is 2. The van der Waals surface area contributed by atoms with Crippen LogP contribution in [0, 0.1) is 5.41 Å². The largest absolute Gasteiger partial charge is 0.475 e. The van der Waals surface area contributed by atoms with Gasteiger partial charge in [0.1, 0.15) is 6.33 Å². The lowest BCUT2D eigenvalue weighted by molar-refractivity contribution is -0.138. The van der Waals surface area contributed by atoms with Gasteiger partial charge in [0.15, 0.2) is 11.4 Å². The molecule has 4 aromatic rings. The number of nitrogens with zero attached hydrogens (tertiary/aromatic N) is 6. The van der Waals surface area contributed by atoms with E-state index in [1.807, 2.05) is 53.5 Å². The Morgan fingerprint density at radius 1 is 1.02 bits per heavy atom. The third-order valence-corrected chi connectivity index (χ3v) is 9.20. The first kappa shape index (κ1) is 34.7. The highest BCUT2D eigenvalue weighted by Gasteiger charge is 2.45. The number of methoxy groups -OCH3 is 1. The Morgan fingerprint density at radius 2 is 1.82 bits per heavy atom. The molecule has 6 rings (SSSR count). The van der Waals surface area contributed by atoms with Crippen molar-refractivity contribution in [2.24, 2.45) is 0 Å². The second kappa shape index (κ2) is 15.1. The van der Waals surface area contributed by atoms with Gasteiger partial charge in [0.25, 0.3) is 5.91 Å². The number of nitrogens with one attached hydrogen (secondary N) is 2. The van der Waals surface area contributed by atoms with Crippen LogP contribution in [-0.2, 0) is 20.9 Å². The predicted octanol–water partition coefficient (Wildman–Crippen LogP) is 4.91. The van der Waals surface area contributed by atoms with Crippen LogP contribution in [-0.4, -0.2) is 98.6 Å². The first-order chi connectivity index (χ1) is 24.2. The minimum Gasteiger partial charge on any atom is -0.475 e. The van der Waals surface area contributed by atoms with Gasteiger partial charge in [-0.25, -0.2) is 9.97 Å². The molecule has 12 nitrogen and oxygen atoms in total. The van der Waals surface area contributed by atoms with Gasteiger partial charge in [0.2, 0.25) is 11.8 Å². The summed E-state index contributed by atoms with van der Waals surface area (Å²) in [7, 11) is 1.54. The van der Waals surface area contributed by atoms with E-state index in [4.69, 9.17) is 14.9 Å². The zero-order valence-electron chi connectivity index (χ0n) is 29.1. The molecule has 2 N–H and O–H groups in total. The number of carbonyl (C=O) groups excluding carboxylic acids is 2. The number of amides is 2. The summed E-state index contributed by atoms with van der Waals surface area (Å²) in [5.74, 6) is 0.972. The molecule has 0 bridgehead atoms. The molecule has 50 heavy (non-hydrogen) atoms. The van der Waals surface area contributed by atoms with Crippen molar-refractivity contribution in [2.75, 3.05) is 45.2 Å². The molecule has 0 aliphatic carbocycles. The van der Waals surface area contributed by atoms with Crippen LogP contribution in [0.1, 0.15) is 50.3 Å². The fourth-order valence-electron chi connectivity index (χ4n) is 6.30. The van der Waals surface area contributed by atoms with Crippen molar-refractivity contribution in [1.29, 1.82) is 5.41 Å². The van der Waals surface area contributed by atoms with Crippen LogP contribution in [0.15, 0.2) is 79.3 Å². The summed E-state index contributed by atoms with van der Waals surface area (Å²) in [5, 5.41) is 16.2. The maximum absolute atomic E-state index is 13.6. The number of likely N-dealkylation sites (tertiary alicyclic amines) is 1. The van der Waals surface area contributed by atoms with E-state index in [2.05, 4.69) is 38.6 Å². The van der Waals surface area contributed by atoms with E-state index in [0.717, 1.165) is 24.1 Å². The van der Waals surface area contributed by atoms with Crippen molar-refractivity contribution in [2.45, 2.75) is 51.9 Å². The average molecular weight is 677 g/mol. The minimum absolute atomic E-state index is 0.00830. The van der Waals surface area contributed by atoms with Crippen LogP contribution in [0.25, 0.3) is 17.0 Å². The number of ether oxygens (including phenoxy) is 2. The Kier molecular flexibility index (Phi) is 10.5. The quantitative estimate of drug-likeness (QED) is 0.202. The number of hydrogen-bond donors (Lipinski definition) is 2. The third-order valence-electron chi connectivity index (χ3n) is 9.20. The van der Waals surface area contributed by atoms with Crippen LogP contribution < -0.4 is 10.1 Å². The Labute approximate surface area is 292 Å². The Morgan fingerprint density at radius 3 is 2.48 bits per heavy atom. The van der Waals surface area contributed by atoms with E-state index in [1.54, 1.807) is 42.9 Å². The van der Waals surface area contributed by atoms with E-state index in [1.165, 1.54) is 12.7 Å². The molecule has 2 aliphatic rings. The van der Waals surface area contributed by atoms with Gasteiger partial charge in [-0.05, 0) is 62.9 Å². The molecule has 4 heterocycles. The molecule has 2 amide bonds. The van der Waals surface area contributed by atoms with Crippen molar-refractivity contribution in [1.82, 2.24) is 29.5 Å². The normalized spacial score (nSPS) is 17.9. The lowest BCUT2D eigenvalue weighted by atomic mass is 9.98. The van der Waals surface area contributed by atoms with Crippen LogP contribution in [0.4, 0.5) is 5.69 Å². The fourth-order valence-corrected chi connectivity index (χ4v) is 6.30. The second-order valence-corrected chi connectivity index (χ2v) is 12.9. The lowest BCUT2D eigenvalue weighted by Crippen LogP contribution is -2.48. The van der Waals surface area contributed by atoms with Gasteiger partial charge in [-0.15, -0.1) is 0 Å². The summed E-state index contributed by atoms with van der Waals surface area (Å²) in [6.45, 7) is 8.94. The number of hydrogen-bond acceptors (Lipinski definition) is 9. The summed E-state index contributed by atoms with van der Waals surface area (Å²) < 4.78 is 13.2. The molecule has 1 atom stereocenters. The van der Waals surface area contributed by atoms with Crippen molar-refractivity contribution < 1.29 is 19.1 Å². The SMILES string of the molecule is CCn1cnc(-c2ccc(C3=CCN(C(=O)CN4CC[C@@](OC)(C(=O)Nc5cccc(C(=N)c6ccc(OC(C)C)nc6)c5)C4)CC3)cc2)n1. The molecular weight excluding hydrogens is 632 g/mol. The fraction of sp³-hybridized carbons (Fsp3) is 0.368. The Hall–Kier alpha value is -5.20. The van der Waals surface area contributed by atoms with E-state index in [9.17, 15) is 9.59 Å². The Balaban J connectivity index is 1.02. The van der Waals surface area contributed by atoms with Gasteiger partial charge < -0.3 is 19.7 Å². The standard InChI is InChI=1S/C38H44N8O4/c1-5-46-25-41-36(43-46)29-11-9-27(10-12-29)28-15-18-45(19-16-28)34(47)23-44-20-17-38(24-44,49-4)37(48)42-32-8-6-7-30(21-32)35(39)31-13-14-33(40-22-31)50-26(2)3/h6-15,21-22,25-26,39H,5,16-20,23-24H2,1-4H3,(H,42,48)/t38-/m0/s1. The summed E-state index contributed by atoms with van der Waals surface area (Å²) in [4.78, 5) is 39.5. The van der Waals surface area contributed by atoms with E-state index < -0.39 is 5.60 Å². The van der Waals surface area contributed by atoms with Gasteiger partial charge >= 0.3 is 0 Å². The number of benzene rings is 2. The molecule has 260 valence electrons. The lowest BCUT2D eigenvalue weighted by Gasteiger charge is -2.30. The summed E-state index contributed by atoms with van der Waals surface area (Å²) in [5.41, 5.74) is 4.35. The highest BCUT2D eigenvalue weighted by molar-refractivity contribution is 6.11. The number of pyridine rings is 1. The van der Waals surface area contributed by atoms with Crippen molar-refractivity contribution in [3.05, 3.63) is 96.0 Å². The molecule has 1 saturated heterocycles. The number of rotatable bonds is 12. The zero-order valence-corrected chi connectivity index (χ0v) is 29.1. The highest BCUT2D eigenvalue weighted by Crippen LogP contribution is 2.29. The van der Waals surface area contributed by atoms with Crippen LogP contribution in [0.3, 0.4) is 0 Å². The molecule has 0 spiro atoms. The highest BCUT2D eigenvalue weighted by atomic mass is 16.5. The van der Waals surface area contributed by atoms with E-state index in [-0.39, 0.29) is 30.2 Å². The maximum Gasteiger partial charge on any atom is 0.258 e. The van der Waals surface area contributed by atoms with Crippen LogP contribution in [0.5, 0.6) is 5.88 Å². The average Bonchev–Trinajstić information content (AvgIpc) is 3.80. The minimum atomic E-state index is -1.09. The monoisotopic (exact) mass is 676 g/mol. The topological polar surface area (TPSA) is 139 Å². The van der Waals surface area contributed by atoms with Gasteiger partial charge in [0.05, 0.1) is 18.4 Å². The number of aryl methyl sites for hydroxylation is 1. The van der Waals surface area contributed by atoms with E-state index >= 15 is 0 Å². The molecule has 2 aliphatic heterocycles. The maximum atomic E-state index is 13.6. The number of aromatic nitrogens is 4. The number of anilines is 1. The van der Waals surface area contributed by atoms with Gasteiger partial charge in [-0.2, -0.15) is 5.10 Å². The summed E-state index contributed by atoms with van der Waals surface area (Å²) in [6, 6.07) is 19.0. The molecular formula is C38H44N8O4. The van der Waals surface area contributed by atoms with Gasteiger partial charge in [-0.1, -0.05) is 42.5 Å². The molecule has 12 heteroatoms. The van der Waals surface area contributed by atoms with Crippen molar-refractivity contribution >= 4 is 28.8 Å². The first-order valence-corrected chi connectivity index (χ1v) is 17.0. The summed E-state index contributed by atoms with van der Waals surface area (Å²) >= 11 is 0. The molecule has 0 unspecified atom stereocenters.